The number of halogens is 1. The van der Waals surface area contributed by atoms with E-state index in [4.69, 9.17) is 11.6 Å². The van der Waals surface area contributed by atoms with Gasteiger partial charge in [0.05, 0.1) is 5.02 Å². The van der Waals surface area contributed by atoms with Gasteiger partial charge in [-0.15, -0.1) is 0 Å². The molecule has 20 heavy (non-hydrogen) atoms. The first kappa shape index (κ1) is 13.0. The lowest BCUT2D eigenvalue weighted by atomic mass is 10.1. The summed E-state index contributed by atoms with van der Waals surface area (Å²) in [7, 11) is 0. The van der Waals surface area contributed by atoms with Gasteiger partial charge in [0.2, 0.25) is 0 Å². The van der Waals surface area contributed by atoms with Gasteiger partial charge in [-0.2, -0.15) is 0 Å². The molecule has 0 radical (unpaired) electrons. The SMILES string of the molecule is CSc1ncc2cc(-c3cc#ccc3Cl)c(=O)[nH]c2n1. The minimum Gasteiger partial charge on any atom is -0.306 e. The average molecular weight is 302 g/mol. The van der Waals surface area contributed by atoms with Gasteiger partial charge < -0.3 is 4.98 Å². The Morgan fingerprint density at radius 3 is 2.85 bits per heavy atom. The fraction of sp³-hybridized carbons (Fsp3) is 0.0714. The van der Waals surface area contributed by atoms with Crippen LogP contribution < -0.4 is 5.56 Å². The zero-order valence-corrected chi connectivity index (χ0v) is 12.0. The monoisotopic (exact) mass is 301 g/mol. The molecule has 0 atom stereocenters. The summed E-state index contributed by atoms with van der Waals surface area (Å²) in [6, 6.07) is 10.5. The number of aromatic nitrogens is 3. The van der Waals surface area contributed by atoms with Crippen LogP contribution in [0.15, 0.2) is 34.3 Å². The van der Waals surface area contributed by atoms with Gasteiger partial charge in [0.15, 0.2) is 5.16 Å². The molecule has 0 unspecified atom stereocenters. The van der Waals surface area contributed by atoms with Crippen molar-refractivity contribution in [2.45, 2.75) is 5.16 Å². The summed E-state index contributed by atoms with van der Waals surface area (Å²) in [6.07, 6.45) is 3.56. The van der Waals surface area contributed by atoms with E-state index in [1.165, 1.54) is 11.8 Å². The molecular weight excluding hydrogens is 294 g/mol. The van der Waals surface area contributed by atoms with Crippen molar-refractivity contribution in [2.75, 3.05) is 6.26 Å². The molecule has 1 aromatic carbocycles. The van der Waals surface area contributed by atoms with Crippen molar-refractivity contribution >= 4 is 34.4 Å². The quantitative estimate of drug-likeness (QED) is 0.584. The molecule has 6 heteroatoms. The molecule has 0 spiro atoms. The summed E-state index contributed by atoms with van der Waals surface area (Å²) in [5, 5.41) is 1.82. The Kier molecular flexibility index (Phi) is 3.35. The molecular formula is C14H8ClN3OS. The highest BCUT2D eigenvalue weighted by molar-refractivity contribution is 7.98. The second-order valence-electron chi connectivity index (χ2n) is 4.01. The molecule has 0 aliphatic rings. The van der Waals surface area contributed by atoms with Crippen molar-refractivity contribution in [3.63, 3.8) is 0 Å². The second kappa shape index (κ2) is 5.16. The second-order valence-corrected chi connectivity index (χ2v) is 5.19. The zero-order chi connectivity index (χ0) is 14.1. The minimum atomic E-state index is -0.246. The number of fused-ring (bicyclic) bond motifs is 1. The fourth-order valence-electron chi connectivity index (χ4n) is 1.85. The lowest BCUT2D eigenvalue weighted by Crippen LogP contribution is -2.10. The maximum atomic E-state index is 12.2. The van der Waals surface area contributed by atoms with Gasteiger partial charge in [0.1, 0.15) is 5.65 Å². The van der Waals surface area contributed by atoms with Gasteiger partial charge in [0, 0.05) is 28.8 Å². The number of hydrogen-bond acceptors (Lipinski definition) is 4. The van der Waals surface area contributed by atoms with E-state index in [0.717, 1.165) is 5.39 Å². The van der Waals surface area contributed by atoms with E-state index < -0.39 is 0 Å². The summed E-state index contributed by atoms with van der Waals surface area (Å²) in [5.74, 6) is 0. The first-order valence-corrected chi connectivity index (χ1v) is 7.31. The van der Waals surface area contributed by atoms with E-state index in [1.807, 2.05) is 6.26 Å². The number of pyridine rings is 1. The van der Waals surface area contributed by atoms with Crippen molar-refractivity contribution in [1.82, 2.24) is 15.0 Å². The summed E-state index contributed by atoms with van der Waals surface area (Å²) in [4.78, 5) is 23.4. The third-order valence-corrected chi connectivity index (χ3v) is 3.67. The van der Waals surface area contributed by atoms with Crippen molar-refractivity contribution in [2.24, 2.45) is 0 Å². The standard InChI is InChI=1S/C14H8ClN3OS/c1-20-14-16-7-8-6-10(13(19)17-12(8)18-14)9-4-2-3-5-11(9)15/h4-7H,1H3,(H,16,17,18,19). The molecule has 1 N–H and O–H groups in total. The number of aromatic amines is 1. The summed E-state index contributed by atoms with van der Waals surface area (Å²) < 4.78 is 0. The van der Waals surface area contributed by atoms with E-state index in [-0.39, 0.29) is 5.56 Å². The number of rotatable bonds is 2. The molecule has 0 saturated carbocycles. The van der Waals surface area contributed by atoms with Gasteiger partial charge in [-0.3, -0.25) is 4.79 Å². The molecule has 0 fully saturated rings. The van der Waals surface area contributed by atoms with Gasteiger partial charge in [-0.1, -0.05) is 35.5 Å². The molecule has 3 rings (SSSR count). The summed E-state index contributed by atoms with van der Waals surface area (Å²) in [5.41, 5.74) is 1.35. The van der Waals surface area contributed by atoms with Crippen LogP contribution in [0.25, 0.3) is 22.2 Å². The third kappa shape index (κ3) is 2.24. The van der Waals surface area contributed by atoms with Crippen molar-refractivity contribution in [3.8, 4) is 11.1 Å². The molecule has 98 valence electrons. The fourth-order valence-corrected chi connectivity index (χ4v) is 2.40. The Labute approximate surface area is 124 Å². The molecule has 2 heterocycles. The number of nitrogens with zero attached hydrogens (tertiary/aromatic N) is 2. The van der Waals surface area contributed by atoms with Gasteiger partial charge in [-0.05, 0) is 18.4 Å². The molecule has 0 bridgehead atoms. The predicted molar refractivity (Wildman–Crippen MR) is 80.1 cm³/mol. The molecule has 4 nitrogen and oxygen atoms in total. The van der Waals surface area contributed by atoms with Gasteiger partial charge in [0.25, 0.3) is 5.56 Å². The topological polar surface area (TPSA) is 58.6 Å². The number of nitrogens with one attached hydrogen (secondary N) is 1. The Balaban J connectivity index is 2.26. The van der Waals surface area contributed by atoms with Crippen LogP contribution in [-0.2, 0) is 0 Å². The zero-order valence-electron chi connectivity index (χ0n) is 10.4. The number of thioether (sulfide) groups is 1. The van der Waals surface area contributed by atoms with Crippen LogP contribution >= 0.6 is 23.4 Å². The van der Waals surface area contributed by atoms with Crippen LogP contribution in [-0.4, -0.2) is 21.2 Å². The van der Waals surface area contributed by atoms with E-state index in [0.29, 0.717) is 27.0 Å². The van der Waals surface area contributed by atoms with E-state index in [9.17, 15) is 4.79 Å². The first-order valence-electron chi connectivity index (χ1n) is 5.71. The Morgan fingerprint density at radius 2 is 2.10 bits per heavy atom. The Bertz CT molecular complexity index is 847. The minimum absolute atomic E-state index is 0.246. The highest BCUT2D eigenvalue weighted by atomic mass is 35.5. The van der Waals surface area contributed by atoms with E-state index in [2.05, 4.69) is 27.1 Å². The van der Waals surface area contributed by atoms with Crippen molar-refractivity contribution in [1.29, 1.82) is 0 Å². The van der Waals surface area contributed by atoms with Gasteiger partial charge in [-0.25, -0.2) is 9.97 Å². The van der Waals surface area contributed by atoms with Crippen molar-refractivity contribution in [3.05, 3.63) is 51.9 Å². The van der Waals surface area contributed by atoms with Crippen LogP contribution in [0.2, 0.25) is 5.02 Å². The summed E-state index contributed by atoms with van der Waals surface area (Å²) in [6.45, 7) is 0. The lowest BCUT2D eigenvalue weighted by Gasteiger charge is -2.04. The van der Waals surface area contributed by atoms with Crippen LogP contribution in [0, 0.1) is 12.1 Å². The molecule has 0 saturated heterocycles. The highest BCUT2D eigenvalue weighted by Gasteiger charge is 2.10. The van der Waals surface area contributed by atoms with Crippen LogP contribution in [0.4, 0.5) is 0 Å². The van der Waals surface area contributed by atoms with Gasteiger partial charge >= 0.3 is 0 Å². The van der Waals surface area contributed by atoms with E-state index in [1.54, 1.807) is 24.4 Å². The molecule has 0 aliphatic heterocycles. The molecule has 3 aromatic rings. The molecule has 0 amide bonds. The van der Waals surface area contributed by atoms with Crippen LogP contribution in [0.3, 0.4) is 0 Å². The predicted octanol–water partition coefficient (Wildman–Crippen LogP) is 2.96. The van der Waals surface area contributed by atoms with Crippen molar-refractivity contribution < 1.29 is 0 Å². The first-order chi connectivity index (χ1) is 9.69. The maximum Gasteiger partial charge on any atom is 0.257 e. The molecule has 0 aliphatic carbocycles. The normalized spacial score (nSPS) is 10.5. The Hall–Kier alpha value is -2.03. The number of hydrogen-bond donors (Lipinski definition) is 1. The van der Waals surface area contributed by atoms with Crippen LogP contribution in [0.1, 0.15) is 0 Å². The molecule has 2 aromatic heterocycles. The average Bonchev–Trinajstić information content (AvgIpc) is 2.47. The smallest absolute Gasteiger partial charge is 0.257 e. The van der Waals surface area contributed by atoms with E-state index >= 15 is 0 Å². The number of H-pyrrole nitrogens is 1. The summed E-state index contributed by atoms with van der Waals surface area (Å²) >= 11 is 7.51. The highest BCUT2D eigenvalue weighted by Crippen LogP contribution is 2.25. The Morgan fingerprint density at radius 1 is 1.30 bits per heavy atom. The largest absolute Gasteiger partial charge is 0.306 e. The third-order valence-electron chi connectivity index (χ3n) is 2.80. The maximum absolute atomic E-state index is 12.2. The lowest BCUT2D eigenvalue weighted by molar-refractivity contribution is 0.988. The van der Waals surface area contributed by atoms with Crippen LogP contribution in [0.5, 0.6) is 0 Å².